The fourth-order valence-electron chi connectivity index (χ4n) is 3.73. The standard InChI is InChI=1S/C27H37N9O3/c1-9-24(37)31-19-13-20(23(39-8)14-22(19)36(7)11-10-35(5)6)32-25-29-16-30-26(34-25)33-21-15-28-17(2)12-18(21)27(3,4)38/h9,12-16,38H,1,10-11H2,2-8H3,(H,31,37)(H2,29,30,32,33,34). The molecule has 3 rings (SSSR count). The molecule has 0 spiro atoms. The highest BCUT2D eigenvalue weighted by Crippen LogP contribution is 2.38. The van der Waals surface area contributed by atoms with E-state index < -0.39 is 5.60 Å². The first-order valence-corrected chi connectivity index (χ1v) is 12.3. The average Bonchev–Trinajstić information content (AvgIpc) is 2.88. The lowest BCUT2D eigenvalue weighted by Crippen LogP contribution is -2.29. The molecule has 39 heavy (non-hydrogen) atoms. The minimum atomic E-state index is -1.11. The molecule has 0 saturated carbocycles. The van der Waals surface area contributed by atoms with Gasteiger partial charge < -0.3 is 35.6 Å². The molecule has 0 fully saturated rings. The Bertz CT molecular complexity index is 1320. The van der Waals surface area contributed by atoms with Crippen molar-refractivity contribution in [3.05, 3.63) is 54.6 Å². The first-order chi connectivity index (χ1) is 18.4. The van der Waals surface area contributed by atoms with Crippen molar-refractivity contribution in [1.82, 2.24) is 24.8 Å². The van der Waals surface area contributed by atoms with Gasteiger partial charge in [-0.2, -0.15) is 4.98 Å². The third-order valence-corrected chi connectivity index (χ3v) is 5.82. The molecule has 3 aromatic rings. The summed E-state index contributed by atoms with van der Waals surface area (Å²) in [6.45, 7) is 10.4. The molecule has 0 aliphatic heterocycles. The Balaban J connectivity index is 1.95. The minimum Gasteiger partial charge on any atom is -0.494 e. The van der Waals surface area contributed by atoms with Crippen LogP contribution in [-0.2, 0) is 10.4 Å². The number of rotatable bonds is 12. The molecular formula is C27H37N9O3. The predicted molar refractivity (Wildman–Crippen MR) is 154 cm³/mol. The zero-order valence-corrected chi connectivity index (χ0v) is 23.5. The van der Waals surface area contributed by atoms with Crippen molar-refractivity contribution in [1.29, 1.82) is 0 Å². The maximum atomic E-state index is 12.2. The second-order valence-corrected chi connectivity index (χ2v) is 9.80. The van der Waals surface area contributed by atoms with Crippen LogP contribution in [0.1, 0.15) is 25.1 Å². The number of aromatic nitrogens is 4. The molecule has 2 aromatic heterocycles. The van der Waals surface area contributed by atoms with Crippen LogP contribution >= 0.6 is 0 Å². The minimum absolute atomic E-state index is 0.241. The van der Waals surface area contributed by atoms with E-state index in [-0.39, 0.29) is 17.8 Å². The van der Waals surface area contributed by atoms with Crippen LogP contribution in [0.15, 0.2) is 43.4 Å². The summed E-state index contributed by atoms with van der Waals surface area (Å²) in [5, 5.41) is 19.8. The number of likely N-dealkylation sites (N-methyl/N-ethyl adjacent to an activating group) is 2. The topological polar surface area (TPSA) is 141 Å². The number of hydrogen-bond acceptors (Lipinski definition) is 11. The summed E-state index contributed by atoms with van der Waals surface area (Å²) in [5.41, 5.74) is 2.78. The van der Waals surface area contributed by atoms with E-state index in [0.29, 0.717) is 28.4 Å². The van der Waals surface area contributed by atoms with Crippen LogP contribution in [0, 0.1) is 6.92 Å². The third kappa shape index (κ3) is 7.85. The maximum absolute atomic E-state index is 12.2. The summed E-state index contributed by atoms with van der Waals surface area (Å²) < 4.78 is 5.66. The fraction of sp³-hybridized carbons (Fsp3) is 0.370. The summed E-state index contributed by atoms with van der Waals surface area (Å²) in [7, 11) is 7.51. The highest BCUT2D eigenvalue weighted by molar-refractivity contribution is 6.02. The summed E-state index contributed by atoms with van der Waals surface area (Å²) in [6.07, 6.45) is 4.20. The Hall–Kier alpha value is -4.29. The van der Waals surface area contributed by atoms with Gasteiger partial charge in [-0.1, -0.05) is 6.58 Å². The Morgan fingerprint density at radius 3 is 2.31 bits per heavy atom. The number of methoxy groups -OCH3 is 1. The van der Waals surface area contributed by atoms with Gasteiger partial charge in [-0.05, 0) is 53.1 Å². The molecule has 2 heterocycles. The SMILES string of the molecule is C=CC(=O)Nc1cc(Nc2ncnc(Nc3cnc(C)cc3C(C)(C)O)n2)c(OC)cc1N(C)CCN(C)C. The lowest BCUT2D eigenvalue weighted by atomic mass is 9.97. The number of aryl methyl sites for hydroxylation is 1. The number of hydrogen-bond donors (Lipinski definition) is 4. The predicted octanol–water partition coefficient (Wildman–Crippen LogP) is 3.42. The van der Waals surface area contributed by atoms with Crippen LogP contribution < -0.4 is 25.6 Å². The molecule has 12 heteroatoms. The number of nitrogens with one attached hydrogen (secondary N) is 3. The van der Waals surface area contributed by atoms with Crippen molar-refractivity contribution < 1.29 is 14.6 Å². The van der Waals surface area contributed by atoms with Gasteiger partial charge in [-0.3, -0.25) is 9.78 Å². The molecule has 0 aliphatic rings. The van der Waals surface area contributed by atoms with Crippen LogP contribution in [0.3, 0.4) is 0 Å². The molecule has 0 unspecified atom stereocenters. The molecule has 0 saturated heterocycles. The van der Waals surface area contributed by atoms with Crippen molar-refractivity contribution in [2.24, 2.45) is 0 Å². The number of carbonyl (C=O) groups excluding carboxylic acids is 1. The number of nitrogens with zero attached hydrogens (tertiary/aromatic N) is 6. The van der Waals surface area contributed by atoms with E-state index in [1.165, 1.54) is 12.4 Å². The Morgan fingerprint density at radius 2 is 1.72 bits per heavy atom. The van der Waals surface area contributed by atoms with Crippen LogP contribution in [0.2, 0.25) is 0 Å². The van der Waals surface area contributed by atoms with Gasteiger partial charge in [0.15, 0.2) is 0 Å². The molecule has 4 N–H and O–H groups in total. The molecule has 208 valence electrons. The molecule has 0 aliphatic carbocycles. The van der Waals surface area contributed by atoms with Crippen molar-refractivity contribution in [3.63, 3.8) is 0 Å². The van der Waals surface area contributed by atoms with E-state index in [4.69, 9.17) is 4.74 Å². The summed E-state index contributed by atoms with van der Waals surface area (Å²) in [4.78, 5) is 33.6. The zero-order chi connectivity index (χ0) is 28.7. The largest absolute Gasteiger partial charge is 0.494 e. The highest BCUT2D eigenvalue weighted by Gasteiger charge is 2.22. The van der Waals surface area contributed by atoms with E-state index >= 15 is 0 Å². The van der Waals surface area contributed by atoms with Crippen LogP contribution in [0.4, 0.5) is 34.6 Å². The highest BCUT2D eigenvalue weighted by atomic mass is 16.5. The number of aliphatic hydroxyl groups is 1. The second kappa shape index (κ2) is 12.5. The summed E-state index contributed by atoms with van der Waals surface area (Å²) >= 11 is 0. The zero-order valence-electron chi connectivity index (χ0n) is 23.5. The second-order valence-electron chi connectivity index (χ2n) is 9.80. The van der Waals surface area contributed by atoms with Crippen LogP contribution in [0.25, 0.3) is 0 Å². The number of ether oxygens (including phenoxy) is 1. The van der Waals surface area contributed by atoms with E-state index in [9.17, 15) is 9.90 Å². The van der Waals surface area contributed by atoms with Crippen molar-refractivity contribution in [3.8, 4) is 5.75 Å². The van der Waals surface area contributed by atoms with Gasteiger partial charge >= 0.3 is 0 Å². The fourth-order valence-corrected chi connectivity index (χ4v) is 3.73. The molecule has 0 radical (unpaired) electrons. The van der Waals surface area contributed by atoms with E-state index in [2.05, 4.69) is 47.4 Å². The summed E-state index contributed by atoms with van der Waals surface area (Å²) in [5.74, 6) is 0.683. The van der Waals surface area contributed by atoms with E-state index in [1.807, 2.05) is 45.1 Å². The lowest BCUT2D eigenvalue weighted by Gasteiger charge is -2.26. The van der Waals surface area contributed by atoms with Gasteiger partial charge in [0.2, 0.25) is 17.8 Å². The van der Waals surface area contributed by atoms with Gasteiger partial charge in [0.1, 0.15) is 12.1 Å². The van der Waals surface area contributed by atoms with Crippen LogP contribution in [-0.4, -0.2) is 77.2 Å². The first-order valence-electron chi connectivity index (χ1n) is 12.3. The third-order valence-electron chi connectivity index (χ3n) is 5.82. The molecule has 12 nitrogen and oxygen atoms in total. The van der Waals surface area contributed by atoms with Crippen molar-refractivity contribution in [2.45, 2.75) is 26.4 Å². The lowest BCUT2D eigenvalue weighted by molar-refractivity contribution is -0.111. The van der Waals surface area contributed by atoms with E-state index in [0.717, 1.165) is 24.5 Å². The Kier molecular flexibility index (Phi) is 9.38. The maximum Gasteiger partial charge on any atom is 0.247 e. The first kappa shape index (κ1) is 29.3. The number of carbonyl (C=O) groups is 1. The Morgan fingerprint density at radius 1 is 1.05 bits per heavy atom. The van der Waals surface area contributed by atoms with Gasteiger partial charge in [-0.25, -0.2) is 9.97 Å². The van der Waals surface area contributed by atoms with Gasteiger partial charge in [0.05, 0.1) is 41.7 Å². The van der Waals surface area contributed by atoms with Crippen LogP contribution in [0.5, 0.6) is 5.75 Å². The average molecular weight is 536 g/mol. The molecule has 0 bridgehead atoms. The van der Waals surface area contributed by atoms with Gasteiger partial charge in [0.25, 0.3) is 0 Å². The summed E-state index contributed by atoms with van der Waals surface area (Å²) in [6, 6.07) is 5.41. The molecule has 1 aromatic carbocycles. The van der Waals surface area contributed by atoms with Crippen molar-refractivity contribution in [2.75, 3.05) is 62.2 Å². The normalized spacial score (nSPS) is 11.2. The van der Waals surface area contributed by atoms with Gasteiger partial charge in [0, 0.05) is 37.5 Å². The quantitative estimate of drug-likeness (QED) is 0.254. The molecular weight excluding hydrogens is 498 g/mol. The number of benzene rings is 1. The number of pyridine rings is 1. The Labute approximate surface area is 229 Å². The molecule has 0 atom stereocenters. The molecule has 1 amide bonds. The number of amides is 1. The van der Waals surface area contributed by atoms with Gasteiger partial charge in [-0.15, -0.1) is 0 Å². The van der Waals surface area contributed by atoms with Crippen molar-refractivity contribution >= 4 is 40.6 Å². The van der Waals surface area contributed by atoms with E-state index in [1.54, 1.807) is 33.2 Å². The smallest absolute Gasteiger partial charge is 0.247 e. The monoisotopic (exact) mass is 535 g/mol. The number of anilines is 6.